The van der Waals surface area contributed by atoms with Gasteiger partial charge in [0.25, 0.3) is 0 Å². The van der Waals surface area contributed by atoms with E-state index in [1.54, 1.807) is 7.85 Å². The molecule has 0 aromatic heterocycles. The molecule has 3 nitrogen and oxygen atoms in total. The average molecular weight is 141 g/mol. The molecule has 0 spiro atoms. The maximum absolute atomic E-state index is 11.0. The molecule has 1 fully saturated rings. The van der Waals surface area contributed by atoms with Gasteiger partial charge in [-0.15, -0.1) is 0 Å². The number of hydrogen-bond acceptors (Lipinski definition) is 3. The molecule has 56 valence electrons. The summed E-state index contributed by atoms with van der Waals surface area (Å²) in [4.78, 5) is 11.0. The quantitative estimate of drug-likeness (QED) is 0.390. The monoisotopic (exact) mass is 141 g/mol. The van der Waals surface area contributed by atoms with E-state index in [1.165, 1.54) is 7.11 Å². The molecule has 10 heavy (non-hydrogen) atoms. The van der Waals surface area contributed by atoms with Crippen LogP contribution in [0.25, 0.3) is 0 Å². The van der Waals surface area contributed by atoms with E-state index < -0.39 is 5.44 Å². The predicted octanol–water partition coefficient (Wildman–Crippen LogP) is -1.14. The molecule has 0 aromatic rings. The number of esters is 1. The van der Waals surface area contributed by atoms with E-state index >= 15 is 0 Å². The molecule has 1 aliphatic carbocycles. The van der Waals surface area contributed by atoms with Crippen LogP contribution in [-0.2, 0) is 9.53 Å². The fourth-order valence-corrected chi connectivity index (χ4v) is 1.07. The molecule has 0 aliphatic heterocycles. The normalized spacial score (nSPS) is 23.4. The maximum Gasteiger partial charge on any atom is 0.317 e. The van der Waals surface area contributed by atoms with Crippen molar-refractivity contribution in [1.29, 1.82) is 0 Å². The Morgan fingerprint density at radius 1 is 1.80 bits per heavy atom. The van der Waals surface area contributed by atoms with Gasteiger partial charge in [0, 0.05) is 0 Å². The van der Waals surface area contributed by atoms with Crippen molar-refractivity contribution in [2.45, 2.75) is 18.3 Å². The topological polar surface area (TPSA) is 52.3 Å². The van der Waals surface area contributed by atoms with Crippen molar-refractivity contribution in [3.63, 3.8) is 0 Å². The fourth-order valence-electron chi connectivity index (χ4n) is 1.07. The van der Waals surface area contributed by atoms with Gasteiger partial charge in [0.1, 0.15) is 7.85 Å². The summed E-state index contributed by atoms with van der Waals surface area (Å²) < 4.78 is 4.55. The zero-order valence-corrected chi connectivity index (χ0v) is 6.39. The lowest BCUT2D eigenvalue weighted by Gasteiger charge is -2.20. The molecule has 0 saturated heterocycles. The fraction of sp³-hybridized carbons (Fsp3) is 0.833. The van der Waals surface area contributed by atoms with Crippen LogP contribution in [0.5, 0.6) is 0 Å². The van der Waals surface area contributed by atoms with Crippen LogP contribution in [0, 0.1) is 5.92 Å². The minimum absolute atomic E-state index is 0.296. The molecular formula is C6H12BNO2. The van der Waals surface area contributed by atoms with E-state index in [0.717, 1.165) is 12.8 Å². The first-order valence-electron chi connectivity index (χ1n) is 3.46. The molecule has 0 heterocycles. The average Bonchev–Trinajstić information content (AvgIpc) is 2.66. The molecule has 0 aromatic carbocycles. The molecular weight excluding hydrogens is 129 g/mol. The van der Waals surface area contributed by atoms with Crippen LogP contribution in [-0.4, -0.2) is 26.4 Å². The predicted molar refractivity (Wildman–Crippen MR) is 40.2 cm³/mol. The number of methoxy groups -OCH3 is 1. The van der Waals surface area contributed by atoms with Gasteiger partial charge in [-0.1, -0.05) is 0 Å². The molecule has 1 saturated carbocycles. The first-order chi connectivity index (χ1) is 4.59. The lowest BCUT2D eigenvalue weighted by molar-refractivity contribution is -0.144. The number of carbonyl (C=O) groups is 1. The van der Waals surface area contributed by atoms with Gasteiger partial charge in [-0.05, 0) is 18.8 Å². The maximum atomic E-state index is 11.0. The van der Waals surface area contributed by atoms with Crippen LogP contribution >= 0.6 is 0 Å². The van der Waals surface area contributed by atoms with Gasteiger partial charge < -0.3 is 10.5 Å². The molecule has 4 heteroatoms. The van der Waals surface area contributed by atoms with E-state index in [9.17, 15) is 4.79 Å². The highest BCUT2D eigenvalue weighted by Crippen LogP contribution is 2.36. The van der Waals surface area contributed by atoms with Crippen molar-refractivity contribution in [3.05, 3.63) is 0 Å². The molecule has 1 rings (SSSR count). The Kier molecular flexibility index (Phi) is 1.73. The Bertz CT molecular complexity index is 154. The number of carbonyl (C=O) groups excluding carboxylic acids is 1. The minimum atomic E-state index is -0.741. The summed E-state index contributed by atoms with van der Waals surface area (Å²) in [7, 11) is 3.10. The second-order valence-corrected chi connectivity index (χ2v) is 3.05. The summed E-state index contributed by atoms with van der Waals surface area (Å²) in [6, 6.07) is 0. The zero-order valence-electron chi connectivity index (χ0n) is 6.39. The smallest absolute Gasteiger partial charge is 0.317 e. The van der Waals surface area contributed by atoms with Gasteiger partial charge in [0.15, 0.2) is 0 Å². The Morgan fingerprint density at radius 3 is 2.60 bits per heavy atom. The van der Waals surface area contributed by atoms with E-state index in [-0.39, 0.29) is 5.97 Å². The minimum Gasteiger partial charge on any atom is -0.468 e. The second kappa shape index (κ2) is 2.27. The highest BCUT2D eigenvalue weighted by atomic mass is 16.5. The third-order valence-corrected chi connectivity index (χ3v) is 2.05. The lowest BCUT2D eigenvalue weighted by atomic mass is 9.74. The molecule has 1 atom stereocenters. The van der Waals surface area contributed by atoms with Crippen LogP contribution in [0.15, 0.2) is 0 Å². The zero-order chi connectivity index (χ0) is 7.78. The lowest BCUT2D eigenvalue weighted by Crippen LogP contribution is -2.51. The van der Waals surface area contributed by atoms with Gasteiger partial charge in [-0.3, -0.25) is 4.79 Å². The molecule has 1 unspecified atom stereocenters. The van der Waals surface area contributed by atoms with E-state index in [1.807, 2.05) is 0 Å². The molecule has 0 radical (unpaired) electrons. The first-order valence-corrected chi connectivity index (χ1v) is 3.46. The molecule has 0 amide bonds. The van der Waals surface area contributed by atoms with Gasteiger partial charge in [-0.25, -0.2) is 0 Å². The van der Waals surface area contributed by atoms with Crippen molar-refractivity contribution in [2.24, 2.45) is 11.7 Å². The summed E-state index contributed by atoms with van der Waals surface area (Å²) in [5, 5.41) is 0. The SMILES string of the molecule is BC(N)(C(=O)OC)C1CC1. The largest absolute Gasteiger partial charge is 0.468 e. The van der Waals surface area contributed by atoms with Crippen molar-refractivity contribution < 1.29 is 9.53 Å². The molecule has 1 aliphatic rings. The number of ether oxygens (including phenoxy) is 1. The van der Waals surface area contributed by atoms with Gasteiger partial charge in [-0.2, -0.15) is 0 Å². The van der Waals surface area contributed by atoms with Gasteiger partial charge >= 0.3 is 5.97 Å². The third-order valence-electron chi connectivity index (χ3n) is 2.05. The summed E-state index contributed by atoms with van der Waals surface area (Å²) in [6.07, 6.45) is 2.12. The third kappa shape index (κ3) is 1.16. The Hall–Kier alpha value is -0.505. The summed E-state index contributed by atoms with van der Waals surface area (Å²) in [5.41, 5.74) is 4.96. The summed E-state index contributed by atoms with van der Waals surface area (Å²) >= 11 is 0. The number of nitrogens with two attached hydrogens (primary N) is 1. The summed E-state index contributed by atoms with van der Waals surface area (Å²) in [6.45, 7) is 0. The first kappa shape index (κ1) is 7.60. The molecule has 0 bridgehead atoms. The van der Waals surface area contributed by atoms with E-state index in [0.29, 0.717) is 5.92 Å². The van der Waals surface area contributed by atoms with Crippen molar-refractivity contribution in [2.75, 3.05) is 7.11 Å². The second-order valence-electron chi connectivity index (χ2n) is 3.05. The van der Waals surface area contributed by atoms with Crippen molar-refractivity contribution in [3.8, 4) is 0 Å². The molecule has 2 N–H and O–H groups in total. The van der Waals surface area contributed by atoms with Crippen LogP contribution in [0.3, 0.4) is 0 Å². The van der Waals surface area contributed by atoms with Crippen molar-refractivity contribution in [1.82, 2.24) is 0 Å². The van der Waals surface area contributed by atoms with Crippen LogP contribution in [0.2, 0.25) is 0 Å². The highest BCUT2D eigenvalue weighted by Gasteiger charge is 2.44. The standard InChI is InChI=1S/C6H12BNO2/c1-10-5(9)6(7,8)4-2-3-4/h4H,2-3,7-8H2,1H3. The summed E-state index contributed by atoms with van der Waals surface area (Å²) in [5.74, 6) is 0.0509. The highest BCUT2D eigenvalue weighted by molar-refractivity contribution is 6.27. The number of hydrogen-bond donors (Lipinski definition) is 1. The van der Waals surface area contributed by atoms with Gasteiger partial charge in [0.05, 0.1) is 12.5 Å². The number of rotatable bonds is 2. The Balaban J connectivity index is 2.56. The van der Waals surface area contributed by atoms with Crippen LogP contribution in [0.1, 0.15) is 12.8 Å². The van der Waals surface area contributed by atoms with E-state index in [4.69, 9.17) is 5.73 Å². The van der Waals surface area contributed by atoms with E-state index in [2.05, 4.69) is 4.74 Å². The van der Waals surface area contributed by atoms with Crippen LogP contribution < -0.4 is 5.73 Å². The van der Waals surface area contributed by atoms with Gasteiger partial charge in [0.2, 0.25) is 0 Å². The Morgan fingerprint density at radius 2 is 2.30 bits per heavy atom. The van der Waals surface area contributed by atoms with Crippen LogP contribution in [0.4, 0.5) is 0 Å². The van der Waals surface area contributed by atoms with Crippen molar-refractivity contribution >= 4 is 13.8 Å². The Labute approximate surface area is 61.3 Å².